The Morgan fingerprint density at radius 1 is 1.17 bits per heavy atom. The summed E-state index contributed by atoms with van der Waals surface area (Å²) in [5.74, 6) is -1.89. The molecule has 2 rings (SSSR count). The van der Waals surface area contributed by atoms with Gasteiger partial charge in [-0.05, 0) is 37.0 Å². The number of aliphatic carboxylic acids is 1. The van der Waals surface area contributed by atoms with Gasteiger partial charge >= 0.3 is 5.97 Å². The number of aliphatic hydroxyl groups excluding tert-OH is 1. The molecule has 0 aliphatic heterocycles. The summed E-state index contributed by atoms with van der Waals surface area (Å²) in [6.07, 6.45) is 2.88. The predicted octanol–water partition coefficient (Wildman–Crippen LogP) is 0.226. The second-order valence-electron chi connectivity index (χ2n) is 7.07. The molecule has 0 spiro atoms. The number of para-hydroxylation sites is 1. The summed E-state index contributed by atoms with van der Waals surface area (Å²) in [4.78, 5) is 39.8. The van der Waals surface area contributed by atoms with Crippen LogP contribution in [0.5, 0.6) is 0 Å². The monoisotopic (exact) mass is 436 g/mol. The number of aromatic nitrogens is 1. The molecule has 0 saturated heterocycles. The zero-order valence-electron chi connectivity index (χ0n) is 16.9. The van der Waals surface area contributed by atoms with Crippen LogP contribution in [0.1, 0.15) is 18.9 Å². The Morgan fingerprint density at radius 3 is 2.47 bits per heavy atom. The predicted molar refractivity (Wildman–Crippen MR) is 116 cm³/mol. The third-order valence-corrected chi connectivity index (χ3v) is 5.42. The van der Waals surface area contributed by atoms with Gasteiger partial charge in [-0.25, -0.2) is 4.79 Å². The number of hydrogen-bond acceptors (Lipinski definition) is 6. The molecule has 30 heavy (non-hydrogen) atoms. The van der Waals surface area contributed by atoms with E-state index in [0.717, 1.165) is 16.5 Å². The minimum Gasteiger partial charge on any atom is -0.480 e. The maximum absolute atomic E-state index is 12.8. The van der Waals surface area contributed by atoms with E-state index in [0.29, 0.717) is 12.2 Å². The summed E-state index contributed by atoms with van der Waals surface area (Å²) < 4.78 is 0. The molecule has 7 N–H and O–H groups in total. The molecule has 9 nitrogen and oxygen atoms in total. The van der Waals surface area contributed by atoms with Gasteiger partial charge in [0.2, 0.25) is 11.8 Å². The summed E-state index contributed by atoms with van der Waals surface area (Å²) in [5.41, 5.74) is 7.27. The van der Waals surface area contributed by atoms with Crippen LogP contribution in [0.2, 0.25) is 0 Å². The van der Waals surface area contributed by atoms with Gasteiger partial charge in [0.15, 0.2) is 0 Å². The maximum atomic E-state index is 12.8. The molecule has 0 unspecified atom stereocenters. The molecule has 10 heteroatoms. The number of hydrogen-bond donors (Lipinski definition) is 6. The number of carbonyl (C=O) groups excluding carboxylic acids is 2. The van der Waals surface area contributed by atoms with E-state index >= 15 is 0 Å². The van der Waals surface area contributed by atoms with Gasteiger partial charge in [-0.1, -0.05) is 18.2 Å². The number of H-pyrrole nitrogens is 1. The SMILES string of the molecule is CSCC[C@H](NC(=O)[C@@H](N)[C@@H](C)O)C(=O)N[C@@H](Cc1c[nH]c2ccccc12)C(=O)O. The van der Waals surface area contributed by atoms with Crippen LogP contribution >= 0.6 is 11.8 Å². The number of nitrogens with one attached hydrogen (secondary N) is 3. The topological polar surface area (TPSA) is 158 Å². The van der Waals surface area contributed by atoms with Crippen molar-refractivity contribution in [3.63, 3.8) is 0 Å². The number of nitrogens with two attached hydrogens (primary N) is 1. The van der Waals surface area contributed by atoms with Crippen LogP contribution in [0, 0.1) is 0 Å². The number of aliphatic hydroxyl groups is 1. The van der Waals surface area contributed by atoms with Crippen LogP contribution < -0.4 is 16.4 Å². The number of thioether (sulfide) groups is 1. The Balaban J connectivity index is 2.13. The largest absolute Gasteiger partial charge is 0.480 e. The van der Waals surface area contributed by atoms with Gasteiger partial charge < -0.3 is 31.6 Å². The molecule has 2 aromatic rings. The number of carboxylic acids is 1. The number of fused-ring (bicyclic) bond motifs is 1. The molecule has 164 valence electrons. The minimum atomic E-state index is -1.18. The second-order valence-corrected chi connectivity index (χ2v) is 8.06. The van der Waals surface area contributed by atoms with E-state index in [9.17, 15) is 24.6 Å². The van der Waals surface area contributed by atoms with Gasteiger partial charge in [0.05, 0.1) is 6.10 Å². The number of rotatable bonds is 11. The fourth-order valence-corrected chi connectivity index (χ4v) is 3.46. The van der Waals surface area contributed by atoms with E-state index in [1.54, 1.807) is 6.20 Å². The molecule has 0 fully saturated rings. The first-order valence-corrected chi connectivity index (χ1v) is 10.9. The highest BCUT2D eigenvalue weighted by Crippen LogP contribution is 2.19. The fourth-order valence-electron chi connectivity index (χ4n) is 2.98. The maximum Gasteiger partial charge on any atom is 0.326 e. The van der Waals surface area contributed by atoms with Crippen molar-refractivity contribution in [2.45, 2.75) is 44.0 Å². The van der Waals surface area contributed by atoms with Gasteiger partial charge in [0.1, 0.15) is 18.1 Å². The van der Waals surface area contributed by atoms with Crippen molar-refractivity contribution >= 4 is 40.4 Å². The lowest BCUT2D eigenvalue weighted by atomic mass is 10.0. The molecule has 2 amide bonds. The zero-order chi connectivity index (χ0) is 22.3. The van der Waals surface area contributed by atoms with Crippen LogP contribution in [-0.4, -0.2) is 69.2 Å². The van der Waals surface area contributed by atoms with Crippen LogP contribution in [0.3, 0.4) is 0 Å². The van der Waals surface area contributed by atoms with Crippen molar-refractivity contribution in [1.29, 1.82) is 0 Å². The van der Waals surface area contributed by atoms with Crippen LogP contribution in [-0.2, 0) is 20.8 Å². The Morgan fingerprint density at radius 2 is 1.83 bits per heavy atom. The highest BCUT2D eigenvalue weighted by atomic mass is 32.2. The molecular weight excluding hydrogens is 408 g/mol. The first-order chi connectivity index (χ1) is 14.2. The van der Waals surface area contributed by atoms with Gasteiger partial charge in [0, 0.05) is 23.5 Å². The van der Waals surface area contributed by atoms with E-state index in [1.165, 1.54) is 18.7 Å². The van der Waals surface area contributed by atoms with Crippen LogP contribution in [0.4, 0.5) is 0 Å². The first-order valence-electron chi connectivity index (χ1n) is 9.55. The van der Waals surface area contributed by atoms with Crippen molar-refractivity contribution in [2.75, 3.05) is 12.0 Å². The quantitative estimate of drug-likeness (QED) is 0.294. The van der Waals surface area contributed by atoms with Gasteiger partial charge in [0.25, 0.3) is 0 Å². The average molecular weight is 437 g/mol. The molecule has 4 atom stereocenters. The second kappa shape index (κ2) is 11.0. The molecule has 1 heterocycles. The summed E-state index contributed by atoms with van der Waals surface area (Å²) in [5, 5.41) is 25.0. The highest BCUT2D eigenvalue weighted by molar-refractivity contribution is 7.98. The first kappa shape index (κ1) is 23.7. The molecule has 0 saturated carbocycles. The Bertz CT molecular complexity index is 885. The van der Waals surface area contributed by atoms with Crippen LogP contribution in [0.25, 0.3) is 10.9 Å². The van der Waals surface area contributed by atoms with E-state index < -0.39 is 42.0 Å². The molecule has 0 bridgehead atoms. The molecule has 1 aromatic carbocycles. The van der Waals surface area contributed by atoms with E-state index in [2.05, 4.69) is 15.6 Å². The van der Waals surface area contributed by atoms with Gasteiger partial charge in [-0.2, -0.15) is 11.8 Å². The van der Waals surface area contributed by atoms with Crippen LogP contribution in [0.15, 0.2) is 30.5 Å². The minimum absolute atomic E-state index is 0.0848. The lowest BCUT2D eigenvalue weighted by Gasteiger charge is -2.23. The number of aromatic amines is 1. The fraction of sp³-hybridized carbons (Fsp3) is 0.450. The van der Waals surface area contributed by atoms with Crippen molar-refractivity contribution < 1.29 is 24.6 Å². The summed E-state index contributed by atoms with van der Waals surface area (Å²) in [6, 6.07) is 4.17. The summed E-state index contributed by atoms with van der Waals surface area (Å²) in [6.45, 7) is 1.38. The third-order valence-electron chi connectivity index (χ3n) is 4.78. The normalized spacial score (nSPS) is 15.2. The van der Waals surface area contributed by atoms with Gasteiger partial charge in [-0.3, -0.25) is 9.59 Å². The summed E-state index contributed by atoms with van der Waals surface area (Å²) in [7, 11) is 0. The van der Waals surface area contributed by atoms with Crippen molar-refractivity contribution in [3.05, 3.63) is 36.0 Å². The molecular formula is C20H28N4O5S. The number of amides is 2. The van der Waals surface area contributed by atoms with E-state index in [-0.39, 0.29) is 6.42 Å². The zero-order valence-corrected chi connectivity index (χ0v) is 17.7. The third kappa shape index (κ3) is 6.22. The molecule has 0 radical (unpaired) electrons. The summed E-state index contributed by atoms with van der Waals surface area (Å²) >= 11 is 1.49. The molecule has 1 aromatic heterocycles. The lowest BCUT2D eigenvalue weighted by Crippen LogP contribution is -2.56. The van der Waals surface area contributed by atoms with Gasteiger partial charge in [-0.15, -0.1) is 0 Å². The number of benzene rings is 1. The van der Waals surface area contributed by atoms with Crippen molar-refractivity contribution in [1.82, 2.24) is 15.6 Å². The van der Waals surface area contributed by atoms with Crippen molar-refractivity contribution in [2.24, 2.45) is 5.73 Å². The Hall–Kier alpha value is -2.56. The smallest absolute Gasteiger partial charge is 0.326 e. The van der Waals surface area contributed by atoms with E-state index in [4.69, 9.17) is 5.73 Å². The number of carbonyl (C=O) groups is 3. The lowest BCUT2D eigenvalue weighted by molar-refractivity contribution is -0.142. The standard InChI is InChI=1S/C20H28N4O5S/c1-11(25)17(21)19(27)23-15(7-8-30-2)18(26)24-16(20(28)29)9-12-10-22-14-6-4-3-5-13(12)14/h3-6,10-11,15-17,22,25H,7-9,21H2,1-2H3,(H,23,27)(H,24,26)(H,28,29)/t11-,15+,16+,17+/m1/s1. The van der Waals surface area contributed by atoms with Crippen molar-refractivity contribution in [3.8, 4) is 0 Å². The van der Waals surface area contributed by atoms with E-state index in [1.807, 2.05) is 30.5 Å². The highest BCUT2D eigenvalue weighted by Gasteiger charge is 2.29. The Labute approximate surface area is 178 Å². The Kier molecular flexibility index (Phi) is 8.70. The molecule has 0 aliphatic rings. The number of carboxylic acid groups (broad SMARTS) is 1. The average Bonchev–Trinajstić information content (AvgIpc) is 3.12. The molecule has 0 aliphatic carbocycles.